The highest BCUT2D eigenvalue weighted by Gasteiger charge is 2.18. The molecule has 110 valence electrons. The summed E-state index contributed by atoms with van der Waals surface area (Å²) in [6.07, 6.45) is 0. The third kappa shape index (κ3) is 3.64. The zero-order valence-electron chi connectivity index (χ0n) is 12.4. The number of hydrogen-bond donors (Lipinski definition) is 0. The van der Waals surface area contributed by atoms with Crippen LogP contribution >= 0.6 is 15.9 Å². The molecule has 0 atom stereocenters. The van der Waals surface area contributed by atoms with Gasteiger partial charge in [-0.25, -0.2) is 0 Å². The number of halogens is 1. The molecule has 0 unspecified atom stereocenters. The third-order valence-electron chi connectivity index (χ3n) is 3.22. The average molecular weight is 348 g/mol. The van der Waals surface area contributed by atoms with Gasteiger partial charge in [-0.3, -0.25) is 4.79 Å². The lowest BCUT2D eigenvalue weighted by Gasteiger charge is -2.17. The Labute approximate surface area is 133 Å². The fourth-order valence-electron chi connectivity index (χ4n) is 2.04. The van der Waals surface area contributed by atoms with Crippen LogP contribution in [-0.2, 0) is 6.61 Å². The van der Waals surface area contributed by atoms with Crippen LogP contribution in [0.15, 0.2) is 46.9 Å². The molecule has 0 aromatic heterocycles. The Bertz CT molecular complexity index is 639. The lowest BCUT2D eigenvalue weighted by molar-refractivity contribution is 0.0825. The van der Waals surface area contributed by atoms with E-state index < -0.39 is 0 Å². The van der Waals surface area contributed by atoms with Crippen molar-refractivity contribution in [1.29, 1.82) is 0 Å². The van der Waals surface area contributed by atoms with Crippen LogP contribution in [0, 0.1) is 6.92 Å². The molecule has 0 aliphatic carbocycles. The highest BCUT2D eigenvalue weighted by Crippen LogP contribution is 2.29. The van der Waals surface area contributed by atoms with Crippen molar-refractivity contribution in [2.75, 3.05) is 14.1 Å². The first-order valence-corrected chi connectivity index (χ1v) is 7.47. The predicted octanol–water partition coefficient (Wildman–Crippen LogP) is 4.04. The van der Waals surface area contributed by atoms with E-state index >= 15 is 0 Å². The Morgan fingerprint density at radius 1 is 1.14 bits per heavy atom. The Kier molecular flexibility index (Phi) is 5.02. The summed E-state index contributed by atoms with van der Waals surface area (Å²) in [5.74, 6) is 0.691. The molecule has 0 aliphatic rings. The first kappa shape index (κ1) is 15.6. The lowest BCUT2D eigenvalue weighted by atomic mass is 10.1. The fraction of sp³-hybridized carbons (Fsp3) is 0.235. The lowest BCUT2D eigenvalue weighted by Crippen LogP contribution is -2.23. The number of nitrogens with zero attached hydrogens (tertiary/aromatic N) is 1. The zero-order valence-corrected chi connectivity index (χ0v) is 14.0. The molecule has 2 rings (SSSR count). The number of rotatable bonds is 4. The van der Waals surface area contributed by atoms with Crippen molar-refractivity contribution in [2.24, 2.45) is 0 Å². The normalized spacial score (nSPS) is 10.3. The molecule has 0 N–H and O–H groups in total. The number of carbonyl (C=O) groups excluding carboxylic acids is 1. The van der Waals surface area contributed by atoms with E-state index in [9.17, 15) is 4.79 Å². The predicted molar refractivity (Wildman–Crippen MR) is 87.7 cm³/mol. The van der Waals surface area contributed by atoms with E-state index in [4.69, 9.17) is 4.74 Å². The van der Waals surface area contributed by atoms with Crippen LogP contribution in [0.5, 0.6) is 5.75 Å². The van der Waals surface area contributed by atoms with Gasteiger partial charge in [-0.15, -0.1) is 0 Å². The maximum Gasteiger partial charge on any atom is 0.254 e. The molecular weight excluding hydrogens is 330 g/mol. The molecule has 4 heteroatoms. The zero-order chi connectivity index (χ0) is 15.4. The van der Waals surface area contributed by atoms with E-state index in [-0.39, 0.29) is 5.91 Å². The molecule has 0 fully saturated rings. The van der Waals surface area contributed by atoms with Gasteiger partial charge in [0.15, 0.2) is 0 Å². The minimum Gasteiger partial charge on any atom is -0.489 e. The van der Waals surface area contributed by atoms with Gasteiger partial charge >= 0.3 is 0 Å². The van der Waals surface area contributed by atoms with Crippen molar-refractivity contribution in [1.82, 2.24) is 4.90 Å². The van der Waals surface area contributed by atoms with Gasteiger partial charge in [-0.05, 0) is 40.5 Å². The molecule has 3 nitrogen and oxygen atoms in total. The molecule has 2 aromatic rings. The largest absolute Gasteiger partial charge is 0.489 e. The maximum absolute atomic E-state index is 12.3. The molecular formula is C17H18BrNO2. The van der Waals surface area contributed by atoms with E-state index in [1.807, 2.05) is 49.4 Å². The van der Waals surface area contributed by atoms with E-state index in [0.29, 0.717) is 12.2 Å². The van der Waals surface area contributed by atoms with Crippen molar-refractivity contribution in [3.8, 4) is 5.75 Å². The Morgan fingerprint density at radius 2 is 1.81 bits per heavy atom. The molecule has 0 saturated heterocycles. The fourth-order valence-corrected chi connectivity index (χ4v) is 2.64. The van der Waals surface area contributed by atoms with Crippen molar-refractivity contribution in [2.45, 2.75) is 13.5 Å². The summed E-state index contributed by atoms with van der Waals surface area (Å²) in [4.78, 5) is 13.8. The molecule has 0 saturated carbocycles. The summed E-state index contributed by atoms with van der Waals surface area (Å²) >= 11 is 3.44. The van der Waals surface area contributed by atoms with Crippen molar-refractivity contribution >= 4 is 21.8 Å². The van der Waals surface area contributed by atoms with Crippen molar-refractivity contribution < 1.29 is 9.53 Å². The van der Waals surface area contributed by atoms with Gasteiger partial charge in [0.2, 0.25) is 0 Å². The van der Waals surface area contributed by atoms with Crippen molar-refractivity contribution in [3.63, 3.8) is 0 Å². The second kappa shape index (κ2) is 6.76. The van der Waals surface area contributed by atoms with E-state index in [1.54, 1.807) is 19.0 Å². The Morgan fingerprint density at radius 3 is 2.43 bits per heavy atom. The van der Waals surface area contributed by atoms with Gasteiger partial charge in [-0.1, -0.05) is 30.3 Å². The van der Waals surface area contributed by atoms with Gasteiger partial charge in [0.1, 0.15) is 12.4 Å². The van der Waals surface area contributed by atoms with Gasteiger partial charge in [0.25, 0.3) is 5.91 Å². The minimum absolute atomic E-state index is 0.0375. The Hall–Kier alpha value is -1.81. The minimum atomic E-state index is -0.0375. The molecule has 0 heterocycles. The standard InChI is InChI=1S/C17H18BrNO2/c1-12-15(21-11-13-7-5-4-6-8-13)10-9-14(18)16(12)17(20)19(2)3/h4-10H,11H2,1-3H3. The molecule has 1 amide bonds. The van der Waals surface area contributed by atoms with Gasteiger partial charge < -0.3 is 9.64 Å². The highest BCUT2D eigenvalue weighted by molar-refractivity contribution is 9.10. The van der Waals surface area contributed by atoms with Gasteiger partial charge in [-0.2, -0.15) is 0 Å². The van der Waals surface area contributed by atoms with Crippen LogP contribution < -0.4 is 4.74 Å². The number of ether oxygens (including phenoxy) is 1. The van der Waals surface area contributed by atoms with Crippen LogP contribution in [0.2, 0.25) is 0 Å². The van der Waals surface area contributed by atoms with E-state index in [0.717, 1.165) is 21.3 Å². The highest BCUT2D eigenvalue weighted by atomic mass is 79.9. The van der Waals surface area contributed by atoms with Gasteiger partial charge in [0.05, 0.1) is 5.56 Å². The monoisotopic (exact) mass is 347 g/mol. The van der Waals surface area contributed by atoms with Crippen LogP contribution in [0.25, 0.3) is 0 Å². The number of hydrogen-bond acceptors (Lipinski definition) is 2. The molecule has 0 radical (unpaired) electrons. The molecule has 0 aliphatic heterocycles. The summed E-state index contributed by atoms with van der Waals surface area (Å²) in [5.41, 5.74) is 2.59. The maximum atomic E-state index is 12.3. The van der Waals surface area contributed by atoms with E-state index in [2.05, 4.69) is 15.9 Å². The SMILES string of the molecule is Cc1c(OCc2ccccc2)ccc(Br)c1C(=O)N(C)C. The summed E-state index contributed by atoms with van der Waals surface area (Å²) < 4.78 is 6.64. The summed E-state index contributed by atoms with van der Waals surface area (Å²) in [5, 5.41) is 0. The molecule has 0 spiro atoms. The topological polar surface area (TPSA) is 29.5 Å². The second-order valence-corrected chi connectivity index (χ2v) is 5.87. The molecule has 0 bridgehead atoms. The Balaban J connectivity index is 2.25. The summed E-state index contributed by atoms with van der Waals surface area (Å²) in [6.45, 7) is 2.39. The summed E-state index contributed by atoms with van der Waals surface area (Å²) in [6, 6.07) is 13.7. The first-order valence-electron chi connectivity index (χ1n) is 6.68. The van der Waals surface area contributed by atoms with Crippen molar-refractivity contribution in [3.05, 3.63) is 63.6 Å². The number of benzene rings is 2. The molecule has 2 aromatic carbocycles. The van der Waals surface area contributed by atoms with Gasteiger partial charge in [0, 0.05) is 24.1 Å². The van der Waals surface area contributed by atoms with Crippen LogP contribution in [0.4, 0.5) is 0 Å². The smallest absolute Gasteiger partial charge is 0.254 e. The molecule has 21 heavy (non-hydrogen) atoms. The first-order chi connectivity index (χ1) is 10.0. The third-order valence-corrected chi connectivity index (χ3v) is 3.88. The number of carbonyl (C=O) groups is 1. The average Bonchev–Trinajstić information content (AvgIpc) is 2.47. The van der Waals surface area contributed by atoms with Crippen LogP contribution in [0.3, 0.4) is 0 Å². The second-order valence-electron chi connectivity index (χ2n) is 5.02. The number of amides is 1. The van der Waals surface area contributed by atoms with E-state index in [1.165, 1.54) is 0 Å². The van der Waals surface area contributed by atoms with Crippen LogP contribution in [-0.4, -0.2) is 24.9 Å². The summed E-state index contributed by atoms with van der Waals surface area (Å²) in [7, 11) is 3.48. The van der Waals surface area contributed by atoms with Crippen LogP contribution in [0.1, 0.15) is 21.5 Å². The quantitative estimate of drug-likeness (QED) is 0.835.